The molecule has 3 aliphatic heterocycles. The summed E-state index contributed by atoms with van der Waals surface area (Å²) in [7, 11) is 0. The van der Waals surface area contributed by atoms with E-state index in [4.69, 9.17) is 28.4 Å². The lowest BCUT2D eigenvalue weighted by Crippen LogP contribution is -2.71. The Kier molecular flexibility index (Phi) is 14.6. The molecule has 20 nitrogen and oxygen atoms in total. The summed E-state index contributed by atoms with van der Waals surface area (Å²) >= 11 is 0. The Morgan fingerprint density at radius 3 is 2.00 bits per heavy atom. The highest BCUT2D eigenvalue weighted by Gasteiger charge is 2.73. The molecular formula is C48H78O20. The van der Waals surface area contributed by atoms with Gasteiger partial charge in [0.15, 0.2) is 12.6 Å². The van der Waals surface area contributed by atoms with Gasteiger partial charge in [-0.1, -0.05) is 53.2 Å². The fourth-order valence-corrected chi connectivity index (χ4v) is 15.4. The molecule has 13 N–H and O–H groups in total. The molecule has 8 rings (SSSR count). The lowest BCUT2D eigenvalue weighted by Gasteiger charge is -2.72. The molecule has 28 atom stereocenters. The van der Waals surface area contributed by atoms with Crippen molar-refractivity contribution >= 4 is 5.97 Å². The van der Waals surface area contributed by atoms with Crippen LogP contribution in [-0.2, 0) is 33.2 Å². The highest BCUT2D eigenvalue weighted by Crippen LogP contribution is 2.76. The molecular weight excluding hydrogens is 897 g/mol. The SMILES string of the molecule is CC1O[C@@H](O[C@@H]2C(CO)O[C@@H](OCC3O[C@@H](OC(=O)[C@]45CC[C@@H](C)[C@H](C)C4C4=CCC6[C@@]7(C)C[C@@H](O)[C@H](O)[C@@](C)(CO)C7[C@H](O)C[C@@]6(C)[C@]4(C)CC5)[C@@H](O)C(O)[C@@H]3O)C(O)[C@@H]2O)C(O)[C@@H](O)[C@H]1O. The molecule has 9 unspecified atom stereocenters. The molecule has 68 heavy (non-hydrogen) atoms. The van der Waals surface area contributed by atoms with Crippen molar-refractivity contribution in [2.24, 2.45) is 56.7 Å². The maximum atomic E-state index is 15.0. The topological polar surface area (TPSA) is 335 Å². The van der Waals surface area contributed by atoms with Crippen molar-refractivity contribution in [3.63, 3.8) is 0 Å². The molecule has 0 aromatic heterocycles. The van der Waals surface area contributed by atoms with E-state index in [0.29, 0.717) is 38.5 Å². The molecule has 3 heterocycles. The Balaban J connectivity index is 0.994. The van der Waals surface area contributed by atoms with E-state index >= 15 is 4.79 Å². The van der Waals surface area contributed by atoms with Gasteiger partial charge in [-0.2, -0.15) is 0 Å². The number of aliphatic hydroxyl groups excluding tert-OH is 13. The molecule has 7 fully saturated rings. The zero-order chi connectivity index (χ0) is 50.0. The van der Waals surface area contributed by atoms with Gasteiger partial charge in [0.05, 0.1) is 49.7 Å². The van der Waals surface area contributed by atoms with Gasteiger partial charge in [-0.25, -0.2) is 0 Å². The zero-order valence-corrected chi connectivity index (χ0v) is 40.1. The van der Waals surface area contributed by atoms with E-state index < -0.39 is 169 Å². The fourth-order valence-electron chi connectivity index (χ4n) is 15.4. The summed E-state index contributed by atoms with van der Waals surface area (Å²) in [4.78, 5) is 15.0. The molecule has 4 saturated carbocycles. The normalized spacial score (nSPS) is 57.1. The molecule has 0 radical (unpaired) electrons. The molecule has 0 amide bonds. The number of carbonyl (C=O) groups excluding carboxylic acids is 1. The van der Waals surface area contributed by atoms with Crippen LogP contribution in [0.3, 0.4) is 0 Å². The number of hydrogen-bond acceptors (Lipinski definition) is 20. The van der Waals surface area contributed by atoms with Crippen LogP contribution in [0.2, 0.25) is 0 Å². The summed E-state index contributed by atoms with van der Waals surface area (Å²) in [5.41, 5.74) is -2.84. The average Bonchev–Trinajstić information content (AvgIpc) is 3.29. The van der Waals surface area contributed by atoms with Crippen molar-refractivity contribution in [2.45, 2.75) is 204 Å². The number of allylic oxidation sites excluding steroid dienone is 2. The second-order valence-corrected chi connectivity index (χ2v) is 23.1. The first-order valence-electron chi connectivity index (χ1n) is 24.6. The Hall–Kier alpha value is -1.51. The van der Waals surface area contributed by atoms with Gasteiger partial charge >= 0.3 is 5.97 Å². The molecule has 8 aliphatic rings. The van der Waals surface area contributed by atoms with E-state index in [1.807, 2.05) is 0 Å². The van der Waals surface area contributed by atoms with E-state index in [2.05, 4.69) is 40.7 Å². The first-order chi connectivity index (χ1) is 31.8. The van der Waals surface area contributed by atoms with E-state index in [1.54, 1.807) is 6.92 Å². The first kappa shape index (κ1) is 52.8. The lowest BCUT2D eigenvalue weighted by atomic mass is 9.32. The fraction of sp³-hybridized carbons (Fsp3) is 0.938. The lowest BCUT2D eigenvalue weighted by molar-refractivity contribution is -0.361. The van der Waals surface area contributed by atoms with Crippen LogP contribution in [0.4, 0.5) is 0 Å². The predicted octanol–water partition coefficient (Wildman–Crippen LogP) is -2.06. The van der Waals surface area contributed by atoms with Crippen molar-refractivity contribution in [3.8, 4) is 0 Å². The second kappa shape index (κ2) is 18.8. The monoisotopic (exact) mass is 975 g/mol. The summed E-state index contributed by atoms with van der Waals surface area (Å²) in [5, 5.41) is 142. The first-order valence-corrected chi connectivity index (χ1v) is 24.6. The molecule has 0 spiro atoms. The van der Waals surface area contributed by atoms with Crippen molar-refractivity contribution < 1.29 is 99.6 Å². The summed E-state index contributed by atoms with van der Waals surface area (Å²) in [6, 6.07) is 0. The Labute approximate surface area is 396 Å². The minimum atomic E-state index is -1.89. The maximum Gasteiger partial charge on any atom is 0.315 e. The second-order valence-electron chi connectivity index (χ2n) is 23.1. The number of ether oxygens (including phenoxy) is 6. The van der Waals surface area contributed by atoms with E-state index in [9.17, 15) is 66.4 Å². The molecule has 390 valence electrons. The van der Waals surface area contributed by atoms with Gasteiger partial charge in [0, 0.05) is 11.3 Å². The van der Waals surface area contributed by atoms with Crippen molar-refractivity contribution in [1.29, 1.82) is 0 Å². The quantitative estimate of drug-likeness (QED) is 0.0873. The third-order valence-corrected chi connectivity index (χ3v) is 19.6. The smallest absolute Gasteiger partial charge is 0.315 e. The number of rotatable bonds is 9. The van der Waals surface area contributed by atoms with Crippen LogP contribution in [0.1, 0.15) is 93.4 Å². The van der Waals surface area contributed by atoms with Crippen LogP contribution < -0.4 is 0 Å². The minimum absolute atomic E-state index is 0.0115. The molecule has 0 bridgehead atoms. The van der Waals surface area contributed by atoms with Crippen molar-refractivity contribution in [1.82, 2.24) is 0 Å². The third-order valence-electron chi connectivity index (χ3n) is 19.6. The molecule has 20 heteroatoms. The van der Waals surface area contributed by atoms with Gasteiger partial charge in [-0.3, -0.25) is 4.79 Å². The van der Waals surface area contributed by atoms with Gasteiger partial charge in [0.2, 0.25) is 6.29 Å². The van der Waals surface area contributed by atoms with Crippen LogP contribution in [0, 0.1) is 56.7 Å². The number of hydrogen-bond donors (Lipinski definition) is 13. The van der Waals surface area contributed by atoms with Crippen molar-refractivity contribution in [3.05, 3.63) is 11.6 Å². The van der Waals surface area contributed by atoms with Crippen LogP contribution in [-0.4, -0.2) is 203 Å². The minimum Gasteiger partial charge on any atom is -0.432 e. The highest BCUT2D eigenvalue weighted by atomic mass is 16.8. The third kappa shape index (κ3) is 7.89. The molecule has 5 aliphatic carbocycles. The maximum absolute atomic E-state index is 15.0. The number of fused-ring (bicyclic) bond motifs is 7. The molecule has 0 aromatic carbocycles. The van der Waals surface area contributed by atoms with Gasteiger partial charge in [-0.15, -0.1) is 0 Å². The van der Waals surface area contributed by atoms with Gasteiger partial charge in [0.25, 0.3) is 0 Å². The standard InChI is InChI=1S/C48H78O20/c1-19-10-11-48(13-12-46(6)22(28(48)20(19)2)8-9-27-44(4)14-24(52)39(61)45(5,18-50)38(44)23(51)15-47(27,46)7)43(62)68-42-35(59)32(56)30(54)26(66-42)17-63-40-36(60)33(57)37(25(16-49)65-40)67-41-34(58)31(55)29(53)21(3)64-41/h8,19-21,23-42,49-61H,9-18H2,1-7H3/t19-,20+,21?,23-,24-,25?,26?,27?,28?,29+,30-,31+,32?,33+,34?,35+,36?,37-,38?,39+,40-,41+,42+,44-,45+,46-,47-,48+/m1/s1. The van der Waals surface area contributed by atoms with Crippen LogP contribution in [0.5, 0.6) is 0 Å². The largest absolute Gasteiger partial charge is 0.432 e. The number of carbonyl (C=O) groups is 1. The Morgan fingerprint density at radius 1 is 0.706 bits per heavy atom. The van der Waals surface area contributed by atoms with E-state index in [0.717, 1.165) is 5.57 Å². The Bertz CT molecular complexity index is 1860. The number of esters is 1. The summed E-state index contributed by atoms with van der Waals surface area (Å²) in [6.45, 7) is 12.1. The van der Waals surface area contributed by atoms with Crippen LogP contribution in [0.25, 0.3) is 0 Å². The van der Waals surface area contributed by atoms with E-state index in [1.165, 1.54) is 6.92 Å². The van der Waals surface area contributed by atoms with Gasteiger partial charge < -0.3 is 94.8 Å². The summed E-state index contributed by atoms with van der Waals surface area (Å²) < 4.78 is 34.6. The molecule has 0 aromatic rings. The van der Waals surface area contributed by atoms with Crippen LogP contribution >= 0.6 is 0 Å². The van der Waals surface area contributed by atoms with Crippen molar-refractivity contribution in [2.75, 3.05) is 19.8 Å². The average molecular weight is 975 g/mol. The number of aliphatic hydroxyl groups is 13. The predicted molar refractivity (Wildman–Crippen MR) is 233 cm³/mol. The summed E-state index contributed by atoms with van der Waals surface area (Å²) in [5.74, 6) is -1.31. The van der Waals surface area contributed by atoms with Gasteiger partial charge in [-0.05, 0) is 91.8 Å². The van der Waals surface area contributed by atoms with Gasteiger partial charge in [0.1, 0.15) is 67.1 Å². The summed E-state index contributed by atoms with van der Waals surface area (Å²) in [6.07, 6.45) is -22.3. The van der Waals surface area contributed by atoms with E-state index in [-0.39, 0.29) is 30.1 Å². The Morgan fingerprint density at radius 2 is 1.34 bits per heavy atom. The zero-order valence-electron chi connectivity index (χ0n) is 40.1. The molecule has 3 saturated heterocycles. The van der Waals surface area contributed by atoms with Crippen LogP contribution in [0.15, 0.2) is 11.6 Å². The highest BCUT2D eigenvalue weighted by molar-refractivity contribution is 5.79.